The zero-order chi connectivity index (χ0) is 17.7. The van der Waals surface area contributed by atoms with Gasteiger partial charge in [-0.1, -0.05) is 36.2 Å². The maximum Gasteiger partial charge on any atom is 0.244 e. The Hall–Kier alpha value is -1.88. The molecule has 5 nitrogen and oxygen atoms in total. The molecule has 132 valence electrons. The van der Waals surface area contributed by atoms with Gasteiger partial charge in [-0.2, -0.15) is 0 Å². The van der Waals surface area contributed by atoms with Crippen molar-refractivity contribution in [3.05, 3.63) is 35.4 Å². The summed E-state index contributed by atoms with van der Waals surface area (Å²) < 4.78 is 0. The van der Waals surface area contributed by atoms with Gasteiger partial charge in [-0.05, 0) is 38.8 Å². The highest BCUT2D eigenvalue weighted by molar-refractivity contribution is 5.89. The second kappa shape index (κ2) is 8.29. The van der Waals surface area contributed by atoms with Gasteiger partial charge in [0.25, 0.3) is 0 Å². The minimum atomic E-state index is -0.491. The lowest BCUT2D eigenvalue weighted by atomic mass is 9.99. The number of carbonyl (C=O) groups excluding carboxylic acids is 2. The van der Waals surface area contributed by atoms with Gasteiger partial charge in [0.1, 0.15) is 6.04 Å². The molecule has 0 aromatic heterocycles. The molecule has 0 spiro atoms. The zero-order valence-corrected chi connectivity index (χ0v) is 15.2. The van der Waals surface area contributed by atoms with Crippen LogP contribution in [-0.4, -0.2) is 54.3 Å². The first-order chi connectivity index (χ1) is 11.4. The molecule has 1 N–H and O–H groups in total. The normalized spacial score (nSPS) is 19.6. The molecule has 0 unspecified atom stereocenters. The lowest BCUT2D eigenvalue weighted by Gasteiger charge is -2.35. The van der Waals surface area contributed by atoms with Crippen molar-refractivity contribution < 1.29 is 9.59 Å². The number of amides is 2. The summed E-state index contributed by atoms with van der Waals surface area (Å²) in [6.07, 6.45) is 3.01. The Kier molecular flexibility index (Phi) is 6.37. The van der Waals surface area contributed by atoms with Gasteiger partial charge >= 0.3 is 0 Å². The third kappa shape index (κ3) is 4.81. The Labute approximate surface area is 145 Å². The lowest BCUT2D eigenvalue weighted by molar-refractivity contribution is -0.136. The first-order valence-electron chi connectivity index (χ1n) is 8.69. The number of hydrogen-bond acceptors (Lipinski definition) is 3. The van der Waals surface area contributed by atoms with Gasteiger partial charge in [-0.25, -0.2) is 0 Å². The molecule has 0 saturated carbocycles. The summed E-state index contributed by atoms with van der Waals surface area (Å²) in [5.41, 5.74) is 2.46. The van der Waals surface area contributed by atoms with Crippen molar-refractivity contribution in [1.82, 2.24) is 15.1 Å². The van der Waals surface area contributed by atoms with Gasteiger partial charge < -0.3 is 10.2 Å². The molecule has 0 bridgehead atoms. The number of carbonyl (C=O) groups is 2. The van der Waals surface area contributed by atoms with Crippen LogP contribution in [0.3, 0.4) is 0 Å². The summed E-state index contributed by atoms with van der Waals surface area (Å²) in [6, 6.07) is 7.77. The fraction of sp³-hybridized carbons (Fsp3) is 0.579. The van der Waals surface area contributed by atoms with E-state index >= 15 is 0 Å². The molecule has 0 aliphatic carbocycles. The number of piperidine rings is 1. The van der Waals surface area contributed by atoms with Crippen LogP contribution in [0.25, 0.3) is 0 Å². The Morgan fingerprint density at radius 1 is 1.33 bits per heavy atom. The molecule has 1 aliphatic rings. The standard InChI is InChI=1S/C19H29N3O2/c1-14-8-7-9-16(12-14)13-22-11-6-5-10-17(22)18(23)20-15(2)19(24)21(3)4/h7-9,12,15,17H,5-6,10-11,13H2,1-4H3,(H,20,23)/t15-,17+/m1/s1. The van der Waals surface area contributed by atoms with Crippen molar-refractivity contribution in [3.63, 3.8) is 0 Å². The number of nitrogens with one attached hydrogen (secondary N) is 1. The fourth-order valence-corrected chi connectivity index (χ4v) is 3.28. The minimum Gasteiger partial charge on any atom is -0.347 e. The topological polar surface area (TPSA) is 52.7 Å². The van der Waals surface area contributed by atoms with Crippen LogP contribution in [0.1, 0.15) is 37.3 Å². The Morgan fingerprint density at radius 3 is 2.75 bits per heavy atom. The largest absolute Gasteiger partial charge is 0.347 e. The molecule has 1 aromatic rings. The Balaban J connectivity index is 2.02. The molecule has 1 aromatic carbocycles. The fourth-order valence-electron chi connectivity index (χ4n) is 3.28. The molecular formula is C19H29N3O2. The monoisotopic (exact) mass is 331 g/mol. The highest BCUT2D eigenvalue weighted by Gasteiger charge is 2.30. The molecule has 2 atom stereocenters. The molecule has 2 rings (SSSR count). The summed E-state index contributed by atoms with van der Waals surface area (Å²) in [7, 11) is 3.41. The minimum absolute atomic E-state index is 0.0370. The molecule has 1 fully saturated rings. The molecule has 0 radical (unpaired) electrons. The van der Waals surface area contributed by atoms with Crippen molar-refractivity contribution in [3.8, 4) is 0 Å². The second-order valence-electron chi connectivity index (χ2n) is 6.93. The van der Waals surface area contributed by atoms with E-state index < -0.39 is 6.04 Å². The van der Waals surface area contributed by atoms with Gasteiger partial charge in [-0.15, -0.1) is 0 Å². The number of benzene rings is 1. The third-order valence-corrected chi connectivity index (χ3v) is 4.55. The summed E-state index contributed by atoms with van der Waals surface area (Å²) in [5, 5.41) is 2.89. The van der Waals surface area contributed by atoms with Crippen molar-refractivity contribution in [2.24, 2.45) is 0 Å². The number of likely N-dealkylation sites (N-methyl/N-ethyl adjacent to an activating group) is 1. The summed E-state index contributed by atoms with van der Waals surface area (Å²) in [5.74, 6) is -0.116. The second-order valence-corrected chi connectivity index (χ2v) is 6.93. The summed E-state index contributed by atoms with van der Waals surface area (Å²) in [6.45, 7) is 5.52. The van der Waals surface area contributed by atoms with Crippen molar-refractivity contribution >= 4 is 11.8 Å². The predicted molar refractivity (Wildman–Crippen MR) is 95.5 cm³/mol. The van der Waals surface area contributed by atoms with E-state index in [4.69, 9.17) is 0 Å². The van der Waals surface area contributed by atoms with Gasteiger partial charge in [0.05, 0.1) is 6.04 Å². The highest BCUT2D eigenvalue weighted by Crippen LogP contribution is 2.20. The number of rotatable bonds is 5. The van der Waals surface area contributed by atoms with E-state index in [-0.39, 0.29) is 17.9 Å². The number of likely N-dealkylation sites (tertiary alicyclic amines) is 1. The predicted octanol–water partition coefficient (Wildman–Crippen LogP) is 1.94. The van der Waals surface area contributed by atoms with E-state index in [1.165, 1.54) is 16.0 Å². The van der Waals surface area contributed by atoms with Crippen LogP contribution in [0, 0.1) is 6.92 Å². The van der Waals surface area contributed by atoms with Gasteiger partial charge in [0.15, 0.2) is 0 Å². The molecular weight excluding hydrogens is 302 g/mol. The average Bonchev–Trinajstić information content (AvgIpc) is 2.54. The van der Waals surface area contributed by atoms with Crippen molar-refractivity contribution in [2.45, 2.75) is 51.7 Å². The SMILES string of the molecule is Cc1cccc(CN2CCCC[C@H]2C(=O)N[C@H](C)C(=O)N(C)C)c1. The number of nitrogens with zero attached hydrogens (tertiary/aromatic N) is 2. The van der Waals surface area contributed by atoms with Crippen LogP contribution in [-0.2, 0) is 16.1 Å². The van der Waals surface area contributed by atoms with Gasteiger partial charge in [0, 0.05) is 20.6 Å². The van der Waals surface area contributed by atoms with E-state index in [0.29, 0.717) is 0 Å². The number of hydrogen-bond donors (Lipinski definition) is 1. The number of aryl methyl sites for hydroxylation is 1. The van der Waals surface area contributed by atoms with E-state index in [1.54, 1.807) is 21.0 Å². The molecule has 24 heavy (non-hydrogen) atoms. The van der Waals surface area contributed by atoms with Crippen LogP contribution in [0.5, 0.6) is 0 Å². The quantitative estimate of drug-likeness (QED) is 0.897. The smallest absolute Gasteiger partial charge is 0.244 e. The molecule has 2 amide bonds. The van der Waals surface area contributed by atoms with E-state index in [1.807, 2.05) is 0 Å². The van der Waals surface area contributed by atoms with Crippen LogP contribution < -0.4 is 5.32 Å². The van der Waals surface area contributed by atoms with Crippen molar-refractivity contribution in [2.75, 3.05) is 20.6 Å². The maximum atomic E-state index is 12.7. The van der Waals surface area contributed by atoms with E-state index in [9.17, 15) is 9.59 Å². The third-order valence-electron chi connectivity index (χ3n) is 4.55. The average molecular weight is 331 g/mol. The maximum absolute atomic E-state index is 12.7. The van der Waals surface area contributed by atoms with E-state index in [0.717, 1.165) is 32.4 Å². The molecule has 5 heteroatoms. The highest BCUT2D eigenvalue weighted by atomic mass is 16.2. The zero-order valence-electron chi connectivity index (χ0n) is 15.2. The van der Waals surface area contributed by atoms with Crippen LogP contribution in [0.4, 0.5) is 0 Å². The van der Waals surface area contributed by atoms with Crippen LogP contribution >= 0.6 is 0 Å². The van der Waals surface area contributed by atoms with E-state index in [2.05, 4.69) is 41.4 Å². The molecule has 1 saturated heterocycles. The Morgan fingerprint density at radius 2 is 2.08 bits per heavy atom. The van der Waals surface area contributed by atoms with Crippen LogP contribution in [0.2, 0.25) is 0 Å². The van der Waals surface area contributed by atoms with Crippen LogP contribution in [0.15, 0.2) is 24.3 Å². The molecule has 1 heterocycles. The lowest BCUT2D eigenvalue weighted by Crippen LogP contribution is -2.53. The van der Waals surface area contributed by atoms with Crippen molar-refractivity contribution in [1.29, 1.82) is 0 Å². The van der Waals surface area contributed by atoms with Gasteiger partial charge in [-0.3, -0.25) is 14.5 Å². The Bertz CT molecular complexity index is 586. The first kappa shape index (κ1) is 18.5. The summed E-state index contributed by atoms with van der Waals surface area (Å²) in [4.78, 5) is 28.4. The summed E-state index contributed by atoms with van der Waals surface area (Å²) >= 11 is 0. The molecule has 1 aliphatic heterocycles. The van der Waals surface area contributed by atoms with Gasteiger partial charge in [0.2, 0.25) is 11.8 Å². The first-order valence-corrected chi connectivity index (χ1v) is 8.69.